The summed E-state index contributed by atoms with van der Waals surface area (Å²) >= 11 is 0. The minimum absolute atomic E-state index is 0.124. The van der Waals surface area contributed by atoms with Crippen molar-refractivity contribution in [2.75, 3.05) is 18.2 Å². The molecule has 1 saturated heterocycles. The molecular formula is C13H20N2O3S. The number of nitrogens with zero attached hydrogens (tertiary/aromatic N) is 1. The molecule has 1 aromatic rings. The molecular weight excluding hydrogens is 264 g/mol. The Bertz CT molecular complexity index is 524. The topological polar surface area (TPSA) is 68.3 Å². The number of pyridine rings is 1. The number of sulfone groups is 1. The summed E-state index contributed by atoms with van der Waals surface area (Å²) in [6.07, 6.45) is 6.10. The molecule has 0 aliphatic carbocycles. The molecule has 0 spiro atoms. The number of rotatable bonds is 5. The van der Waals surface area contributed by atoms with Gasteiger partial charge in [0.05, 0.1) is 6.10 Å². The Labute approximate surface area is 114 Å². The first-order valence-corrected chi connectivity index (χ1v) is 8.39. The zero-order valence-corrected chi connectivity index (χ0v) is 12.1. The van der Waals surface area contributed by atoms with Crippen LogP contribution in [0.2, 0.25) is 0 Å². The van der Waals surface area contributed by atoms with Crippen LogP contribution in [0.4, 0.5) is 5.82 Å². The van der Waals surface area contributed by atoms with Gasteiger partial charge in [0.2, 0.25) is 0 Å². The van der Waals surface area contributed by atoms with Gasteiger partial charge in [-0.3, -0.25) is 0 Å². The molecule has 1 fully saturated rings. The second kappa shape index (κ2) is 5.88. The highest BCUT2D eigenvalue weighted by molar-refractivity contribution is 7.90. The third-order valence-corrected chi connectivity index (χ3v) is 4.32. The lowest BCUT2D eigenvalue weighted by Gasteiger charge is -2.19. The van der Waals surface area contributed by atoms with Crippen molar-refractivity contribution in [3.8, 4) is 0 Å². The van der Waals surface area contributed by atoms with Gasteiger partial charge in [0.1, 0.15) is 10.7 Å². The van der Waals surface area contributed by atoms with Gasteiger partial charge in [-0.25, -0.2) is 13.4 Å². The van der Waals surface area contributed by atoms with Crippen molar-refractivity contribution in [2.45, 2.75) is 43.2 Å². The maximum atomic E-state index is 11.7. The quantitative estimate of drug-likeness (QED) is 0.893. The van der Waals surface area contributed by atoms with Crippen LogP contribution in [0.5, 0.6) is 0 Å². The van der Waals surface area contributed by atoms with Crippen LogP contribution < -0.4 is 5.32 Å². The van der Waals surface area contributed by atoms with Gasteiger partial charge in [-0.2, -0.15) is 0 Å². The lowest BCUT2D eigenvalue weighted by atomic mass is 10.1. The van der Waals surface area contributed by atoms with E-state index in [2.05, 4.69) is 10.3 Å². The van der Waals surface area contributed by atoms with Crippen LogP contribution in [-0.4, -0.2) is 38.4 Å². The third kappa shape index (κ3) is 3.91. The molecule has 5 nitrogen and oxygen atoms in total. The Kier molecular flexibility index (Phi) is 4.42. The number of nitrogens with one attached hydrogen (secondary N) is 1. The third-order valence-electron chi connectivity index (χ3n) is 3.19. The number of ether oxygens (including phenoxy) is 1. The Balaban J connectivity index is 2.06. The average Bonchev–Trinajstić information content (AvgIpc) is 2.81. The molecule has 0 radical (unpaired) electrons. The van der Waals surface area contributed by atoms with Crippen molar-refractivity contribution in [1.82, 2.24) is 4.98 Å². The van der Waals surface area contributed by atoms with Gasteiger partial charge in [-0.05, 0) is 38.3 Å². The molecule has 1 aromatic heterocycles. The SMILES string of the molecule is CC(CC1CCCO1)Nc1ncccc1S(C)(=O)=O. The summed E-state index contributed by atoms with van der Waals surface area (Å²) in [5, 5.41) is 3.17. The predicted molar refractivity (Wildman–Crippen MR) is 74.0 cm³/mol. The van der Waals surface area contributed by atoms with Crippen LogP contribution in [-0.2, 0) is 14.6 Å². The molecule has 1 N–H and O–H groups in total. The zero-order chi connectivity index (χ0) is 13.9. The highest BCUT2D eigenvalue weighted by Crippen LogP contribution is 2.22. The second-order valence-electron chi connectivity index (χ2n) is 5.04. The van der Waals surface area contributed by atoms with E-state index in [0.29, 0.717) is 5.82 Å². The van der Waals surface area contributed by atoms with E-state index in [1.54, 1.807) is 18.3 Å². The average molecular weight is 284 g/mol. The summed E-state index contributed by atoms with van der Waals surface area (Å²) in [4.78, 5) is 4.37. The molecule has 6 heteroatoms. The van der Waals surface area contributed by atoms with Crippen molar-refractivity contribution in [3.63, 3.8) is 0 Å². The summed E-state index contributed by atoms with van der Waals surface area (Å²) < 4.78 is 28.9. The van der Waals surface area contributed by atoms with Gasteiger partial charge in [0, 0.05) is 25.1 Å². The predicted octanol–water partition coefficient (Wildman–Crippen LogP) is 1.85. The lowest BCUT2D eigenvalue weighted by Crippen LogP contribution is -2.23. The van der Waals surface area contributed by atoms with Gasteiger partial charge in [0.25, 0.3) is 0 Å². The van der Waals surface area contributed by atoms with Crippen LogP contribution in [0, 0.1) is 0 Å². The largest absolute Gasteiger partial charge is 0.378 e. The van der Waals surface area contributed by atoms with E-state index in [1.165, 1.54) is 6.26 Å². The van der Waals surface area contributed by atoms with Crippen LogP contribution in [0.1, 0.15) is 26.2 Å². The molecule has 2 atom stereocenters. The molecule has 2 rings (SSSR count). The number of anilines is 1. The smallest absolute Gasteiger partial charge is 0.179 e. The van der Waals surface area contributed by atoms with Gasteiger partial charge in [0.15, 0.2) is 9.84 Å². The molecule has 1 aliphatic heterocycles. The van der Waals surface area contributed by atoms with Gasteiger partial charge >= 0.3 is 0 Å². The van der Waals surface area contributed by atoms with Crippen LogP contribution >= 0.6 is 0 Å². The van der Waals surface area contributed by atoms with E-state index in [4.69, 9.17) is 4.74 Å². The monoisotopic (exact) mass is 284 g/mol. The van der Waals surface area contributed by atoms with E-state index in [-0.39, 0.29) is 17.0 Å². The van der Waals surface area contributed by atoms with Crippen molar-refractivity contribution in [2.24, 2.45) is 0 Å². The fraction of sp³-hybridized carbons (Fsp3) is 0.615. The molecule has 19 heavy (non-hydrogen) atoms. The van der Waals surface area contributed by atoms with E-state index in [1.807, 2.05) is 6.92 Å². The summed E-state index contributed by atoms with van der Waals surface area (Å²) in [5.74, 6) is 0.426. The lowest BCUT2D eigenvalue weighted by molar-refractivity contribution is 0.101. The zero-order valence-electron chi connectivity index (χ0n) is 11.3. The van der Waals surface area contributed by atoms with Crippen molar-refractivity contribution < 1.29 is 13.2 Å². The maximum absolute atomic E-state index is 11.7. The molecule has 0 bridgehead atoms. The van der Waals surface area contributed by atoms with E-state index in [0.717, 1.165) is 25.9 Å². The van der Waals surface area contributed by atoms with Crippen LogP contribution in [0.3, 0.4) is 0 Å². The molecule has 0 aromatic carbocycles. The fourth-order valence-corrected chi connectivity index (χ4v) is 3.10. The standard InChI is InChI=1S/C13H20N2O3S/c1-10(9-11-5-4-8-18-11)15-13-12(19(2,16)17)6-3-7-14-13/h3,6-7,10-11H,4-5,8-9H2,1-2H3,(H,14,15). The van der Waals surface area contributed by atoms with Crippen LogP contribution in [0.25, 0.3) is 0 Å². The maximum Gasteiger partial charge on any atom is 0.179 e. The Morgan fingerprint density at radius 1 is 1.58 bits per heavy atom. The number of aromatic nitrogens is 1. The molecule has 0 amide bonds. The molecule has 106 valence electrons. The first kappa shape index (κ1) is 14.3. The normalized spacial score (nSPS) is 21.3. The van der Waals surface area contributed by atoms with E-state index >= 15 is 0 Å². The Hall–Kier alpha value is -1.14. The highest BCUT2D eigenvalue weighted by atomic mass is 32.2. The van der Waals surface area contributed by atoms with Crippen molar-refractivity contribution in [3.05, 3.63) is 18.3 Å². The van der Waals surface area contributed by atoms with E-state index < -0.39 is 9.84 Å². The van der Waals surface area contributed by atoms with Gasteiger partial charge in [-0.1, -0.05) is 0 Å². The molecule has 0 saturated carbocycles. The highest BCUT2D eigenvalue weighted by Gasteiger charge is 2.20. The van der Waals surface area contributed by atoms with Crippen LogP contribution in [0.15, 0.2) is 23.2 Å². The first-order chi connectivity index (χ1) is 8.97. The summed E-state index contributed by atoms with van der Waals surface area (Å²) in [5.41, 5.74) is 0. The minimum atomic E-state index is -3.26. The summed E-state index contributed by atoms with van der Waals surface area (Å²) in [6, 6.07) is 3.33. The molecule has 2 heterocycles. The summed E-state index contributed by atoms with van der Waals surface area (Å²) in [7, 11) is -3.26. The van der Waals surface area contributed by atoms with Gasteiger partial charge < -0.3 is 10.1 Å². The molecule has 2 unspecified atom stereocenters. The number of hydrogen-bond acceptors (Lipinski definition) is 5. The number of hydrogen-bond donors (Lipinski definition) is 1. The Morgan fingerprint density at radius 3 is 3.00 bits per heavy atom. The summed E-state index contributed by atoms with van der Waals surface area (Å²) in [6.45, 7) is 2.85. The first-order valence-electron chi connectivity index (χ1n) is 6.50. The van der Waals surface area contributed by atoms with Crippen molar-refractivity contribution in [1.29, 1.82) is 0 Å². The minimum Gasteiger partial charge on any atom is -0.378 e. The van der Waals surface area contributed by atoms with Gasteiger partial charge in [-0.15, -0.1) is 0 Å². The fourth-order valence-electron chi connectivity index (χ4n) is 2.32. The molecule has 1 aliphatic rings. The van der Waals surface area contributed by atoms with E-state index in [9.17, 15) is 8.42 Å². The van der Waals surface area contributed by atoms with Crippen molar-refractivity contribution >= 4 is 15.7 Å². The second-order valence-corrected chi connectivity index (χ2v) is 7.02. The Morgan fingerprint density at radius 2 is 2.37 bits per heavy atom.